The Morgan fingerprint density at radius 2 is 2.12 bits per heavy atom. The zero-order valence-electron chi connectivity index (χ0n) is 13.1. The van der Waals surface area contributed by atoms with E-state index in [0.29, 0.717) is 18.8 Å². The molecule has 1 fully saturated rings. The Kier molecular flexibility index (Phi) is 4.18. The average Bonchev–Trinajstić information content (AvgIpc) is 3.36. The van der Waals surface area contributed by atoms with Crippen LogP contribution in [0.2, 0.25) is 0 Å². The van der Waals surface area contributed by atoms with Gasteiger partial charge in [-0.1, -0.05) is 6.07 Å². The number of rotatable bonds is 4. The summed E-state index contributed by atoms with van der Waals surface area (Å²) in [6.07, 6.45) is 1.69. The number of carbonyl (C=O) groups is 1. The highest BCUT2D eigenvalue weighted by Crippen LogP contribution is 2.23. The van der Waals surface area contributed by atoms with Gasteiger partial charge in [0.15, 0.2) is 5.69 Å². The highest BCUT2D eigenvalue weighted by atomic mass is 32.1. The van der Waals surface area contributed by atoms with Gasteiger partial charge in [-0.2, -0.15) is 5.10 Å². The Hall–Kier alpha value is -2.38. The standard InChI is InChI=1S/C17H18N4O2S/c22-17(15-11-14(18-19-15)16-4-2-10-24-16)21-7-5-20(6-8-21)12-13-3-1-9-23-13/h1-4,9-11H,5-8,12H2,(H,18,19). The second-order valence-electron chi connectivity index (χ2n) is 5.79. The van der Waals surface area contributed by atoms with Gasteiger partial charge in [-0.25, -0.2) is 0 Å². The number of carbonyl (C=O) groups excluding carboxylic acids is 1. The number of aromatic amines is 1. The molecular formula is C17H18N4O2S. The van der Waals surface area contributed by atoms with Crippen molar-refractivity contribution in [3.05, 3.63) is 53.4 Å². The molecule has 0 spiro atoms. The van der Waals surface area contributed by atoms with E-state index in [1.165, 1.54) is 0 Å². The largest absolute Gasteiger partial charge is 0.468 e. The lowest BCUT2D eigenvalue weighted by molar-refractivity contribution is 0.0614. The van der Waals surface area contributed by atoms with Gasteiger partial charge in [0.05, 0.1) is 23.4 Å². The van der Waals surface area contributed by atoms with Crippen LogP contribution in [0, 0.1) is 0 Å². The lowest BCUT2D eigenvalue weighted by atomic mass is 10.2. The minimum Gasteiger partial charge on any atom is -0.468 e. The minimum atomic E-state index is -0.00768. The fourth-order valence-electron chi connectivity index (χ4n) is 2.88. The summed E-state index contributed by atoms with van der Waals surface area (Å²) in [5, 5.41) is 9.16. The van der Waals surface area contributed by atoms with Crippen LogP contribution < -0.4 is 0 Å². The molecule has 3 aromatic heterocycles. The smallest absolute Gasteiger partial charge is 0.274 e. The molecule has 0 radical (unpaired) electrons. The third kappa shape index (κ3) is 3.13. The number of nitrogens with zero attached hydrogens (tertiary/aromatic N) is 3. The second kappa shape index (κ2) is 6.62. The van der Waals surface area contributed by atoms with E-state index in [2.05, 4.69) is 15.1 Å². The number of hydrogen-bond donors (Lipinski definition) is 1. The average molecular weight is 342 g/mol. The van der Waals surface area contributed by atoms with Gasteiger partial charge in [0.1, 0.15) is 5.76 Å². The first-order valence-electron chi connectivity index (χ1n) is 7.93. The predicted molar refractivity (Wildman–Crippen MR) is 91.8 cm³/mol. The van der Waals surface area contributed by atoms with Crippen LogP contribution in [-0.2, 0) is 6.54 Å². The van der Waals surface area contributed by atoms with Crippen molar-refractivity contribution in [1.29, 1.82) is 0 Å². The monoisotopic (exact) mass is 342 g/mol. The summed E-state index contributed by atoms with van der Waals surface area (Å²) in [6, 6.07) is 9.72. The number of furan rings is 1. The minimum absolute atomic E-state index is 0.00768. The molecule has 24 heavy (non-hydrogen) atoms. The first-order chi connectivity index (χ1) is 11.8. The van der Waals surface area contributed by atoms with Crippen molar-refractivity contribution in [2.75, 3.05) is 26.2 Å². The molecule has 4 heterocycles. The zero-order valence-corrected chi connectivity index (χ0v) is 14.0. The summed E-state index contributed by atoms with van der Waals surface area (Å²) < 4.78 is 5.38. The molecule has 0 aliphatic carbocycles. The molecule has 1 aliphatic rings. The van der Waals surface area contributed by atoms with E-state index in [1.54, 1.807) is 17.6 Å². The second-order valence-corrected chi connectivity index (χ2v) is 6.74. The van der Waals surface area contributed by atoms with Crippen LogP contribution in [0.4, 0.5) is 0 Å². The van der Waals surface area contributed by atoms with E-state index >= 15 is 0 Å². The van der Waals surface area contributed by atoms with Gasteiger partial charge in [-0.05, 0) is 29.6 Å². The Morgan fingerprint density at radius 3 is 2.83 bits per heavy atom. The van der Waals surface area contributed by atoms with Crippen LogP contribution in [0.15, 0.2) is 46.4 Å². The number of thiophene rings is 1. The van der Waals surface area contributed by atoms with Gasteiger partial charge in [0.2, 0.25) is 0 Å². The van der Waals surface area contributed by atoms with Gasteiger partial charge in [0.25, 0.3) is 5.91 Å². The highest BCUT2D eigenvalue weighted by Gasteiger charge is 2.24. The summed E-state index contributed by atoms with van der Waals surface area (Å²) >= 11 is 1.63. The number of nitrogens with one attached hydrogen (secondary N) is 1. The van der Waals surface area contributed by atoms with E-state index in [9.17, 15) is 4.79 Å². The molecule has 124 valence electrons. The summed E-state index contributed by atoms with van der Waals surface area (Å²) in [5.74, 6) is 0.953. The summed E-state index contributed by atoms with van der Waals surface area (Å²) in [5.41, 5.74) is 1.38. The van der Waals surface area contributed by atoms with E-state index in [-0.39, 0.29) is 5.91 Å². The van der Waals surface area contributed by atoms with Crippen LogP contribution in [0.3, 0.4) is 0 Å². The molecule has 3 aromatic rings. The maximum Gasteiger partial charge on any atom is 0.274 e. The molecule has 0 aromatic carbocycles. The molecule has 0 atom stereocenters. The van der Waals surface area contributed by atoms with E-state index in [1.807, 2.05) is 40.6 Å². The molecule has 0 saturated carbocycles. The highest BCUT2D eigenvalue weighted by molar-refractivity contribution is 7.13. The van der Waals surface area contributed by atoms with Gasteiger partial charge >= 0.3 is 0 Å². The van der Waals surface area contributed by atoms with E-state index < -0.39 is 0 Å². The molecule has 4 rings (SSSR count). The van der Waals surface area contributed by atoms with Gasteiger partial charge in [0, 0.05) is 26.2 Å². The lowest BCUT2D eigenvalue weighted by Gasteiger charge is -2.33. The first kappa shape index (κ1) is 15.2. The van der Waals surface area contributed by atoms with Crippen molar-refractivity contribution >= 4 is 17.2 Å². The van der Waals surface area contributed by atoms with Gasteiger partial charge in [-0.3, -0.25) is 14.8 Å². The fourth-order valence-corrected chi connectivity index (χ4v) is 3.58. The Morgan fingerprint density at radius 1 is 1.25 bits per heavy atom. The lowest BCUT2D eigenvalue weighted by Crippen LogP contribution is -2.48. The van der Waals surface area contributed by atoms with Crippen molar-refractivity contribution in [2.45, 2.75) is 6.54 Å². The molecular weight excluding hydrogens is 324 g/mol. The predicted octanol–water partition coefficient (Wildman–Crippen LogP) is 2.69. The molecule has 1 N–H and O–H groups in total. The number of piperazine rings is 1. The maximum absolute atomic E-state index is 12.6. The van der Waals surface area contributed by atoms with Crippen molar-refractivity contribution in [3.63, 3.8) is 0 Å². The maximum atomic E-state index is 12.6. The number of amides is 1. The Labute approximate surface area is 143 Å². The third-order valence-corrected chi connectivity index (χ3v) is 5.11. The molecule has 1 aliphatic heterocycles. The van der Waals surface area contributed by atoms with Gasteiger partial charge < -0.3 is 9.32 Å². The quantitative estimate of drug-likeness (QED) is 0.792. The summed E-state index contributed by atoms with van der Waals surface area (Å²) in [7, 11) is 0. The molecule has 1 amide bonds. The van der Waals surface area contributed by atoms with Crippen LogP contribution in [0.25, 0.3) is 10.6 Å². The summed E-state index contributed by atoms with van der Waals surface area (Å²) in [6.45, 7) is 3.89. The molecule has 0 unspecified atom stereocenters. The molecule has 1 saturated heterocycles. The topological polar surface area (TPSA) is 65.4 Å². The van der Waals surface area contributed by atoms with Crippen LogP contribution in [0.1, 0.15) is 16.2 Å². The van der Waals surface area contributed by atoms with Crippen LogP contribution in [-0.4, -0.2) is 52.1 Å². The number of aromatic nitrogens is 2. The van der Waals surface area contributed by atoms with Crippen LogP contribution in [0.5, 0.6) is 0 Å². The Balaban J connectivity index is 1.36. The molecule has 0 bridgehead atoms. The SMILES string of the molecule is O=C(c1cc(-c2cccs2)[nH]n1)N1CCN(Cc2ccco2)CC1. The van der Waals surface area contributed by atoms with Gasteiger partial charge in [-0.15, -0.1) is 11.3 Å². The van der Waals surface area contributed by atoms with Crippen molar-refractivity contribution in [1.82, 2.24) is 20.0 Å². The van der Waals surface area contributed by atoms with E-state index in [0.717, 1.165) is 36.0 Å². The fraction of sp³-hybridized carbons (Fsp3) is 0.294. The van der Waals surface area contributed by atoms with E-state index in [4.69, 9.17) is 4.42 Å². The molecule has 7 heteroatoms. The number of H-pyrrole nitrogens is 1. The van der Waals surface area contributed by atoms with Crippen LogP contribution >= 0.6 is 11.3 Å². The third-order valence-electron chi connectivity index (χ3n) is 4.20. The van der Waals surface area contributed by atoms with Crippen molar-refractivity contribution in [3.8, 4) is 10.6 Å². The normalized spacial score (nSPS) is 15.8. The zero-order chi connectivity index (χ0) is 16.4. The summed E-state index contributed by atoms with van der Waals surface area (Å²) in [4.78, 5) is 17.9. The van der Waals surface area contributed by atoms with Crippen molar-refractivity contribution in [2.24, 2.45) is 0 Å². The Bertz CT molecular complexity index is 787. The first-order valence-corrected chi connectivity index (χ1v) is 8.81. The number of hydrogen-bond acceptors (Lipinski definition) is 5. The molecule has 6 nitrogen and oxygen atoms in total. The van der Waals surface area contributed by atoms with Crippen molar-refractivity contribution < 1.29 is 9.21 Å².